The van der Waals surface area contributed by atoms with E-state index in [1.54, 1.807) is 0 Å². The van der Waals surface area contributed by atoms with E-state index in [1.165, 1.54) is 45.6 Å². The lowest BCUT2D eigenvalue weighted by Gasteiger charge is -2.59. The molecule has 2 spiro atoms. The molecule has 2 amide bonds. The maximum absolute atomic E-state index is 13.0. The number of rotatable bonds is 2. The molecule has 0 unspecified atom stereocenters. The second-order valence-corrected chi connectivity index (χ2v) is 10.3. The third kappa shape index (κ3) is 2.22. The van der Waals surface area contributed by atoms with Gasteiger partial charge in [0.15, 0.2) is 0 Å². The van der Waals surface area contributed by atoms with Crippen LogP contribution in [-0.4, -0.2) is 78.1 Å². The summed E-state index contributed by atoms with van der Waals surface area (Å²) in [5.74, 6) is 2.09. The second kappa shape index (κ2) is 5.40. The molecular formula is C21H31N3O3. The van der Waals surface area contributed by atoms with Gasteiger partial charge in [-0.3, -0.25) is 9.69 Å². The molecule has 0 bridgehead atoms. The van der Waals surface area contributed by atoms with Crippen molar-refractivity contribution in [3.63, 3.8) is 0 Å². The van der Waals surface area contributed by atoms with Crippen molar-refractivity contribution in [2.24, 2.45) is 23.2 Å². The van der Waals surface area contributed by atoms with E-state index in [2.05, 4.69) is 9.80 Å². The number of nitrogens with zero attached hydrogens (tertiary/aromatic N) is 3. The number of amides is 2. The van der Waals surface area contributed by atoms with Gasteiger partial charge in [-0.05, 0) is 62.2 Å². The minimum Gasteiger partial charge on any atom is -0.453 e. The SMILES string of the molecule is COC(=O)N1CCC2(CC(N3C[C@@H]4[C@H](C3)[C@@H]4C(=O)N3CCC34CCC4)C2)C1. The molecule has 3 atom stereocenters. The van der Waals surface area contributed by atoms with Crippen LogP contribution < -0.4 is 0 Å². The van der Waals surface area contributed by atoms with Crippen molar-refractivity contribution < 1.29 is 14.3 Å². The van der Waals surface area contributed by atoms with Crippen molar-refractivity contribution in [2.75, 3.05) is 39.8 Å². The molecule has 0 aromatic carbocycles. The van der Waals surface area contributed by atoms with E-state index in [1.807, 2.05) is 4.90 Å². The van der Waals surface area contributed by atoms with Crippen LogP contribution in [-0.2, 0) is 9.53 Å². The van der Waals surface area contributed by atoms with Crippen molar-refractivity contribution >= 4 is 12.0 Å². The van der Waals surface area contributed by atoms with Gasteiger partial charge in [0.25, 0.3) is 0 Å². The molecule has 6 fully saturated rings. The number of carbonyl (C=O) groups is 2. The fourth-order valence-electron chi connectivity index (χ4n) is 7.14. The molecule has 0 N–H and O–H groups in total. The van der Waals surface area contributed by atoms with E-state index in [4.69, 9.17) is 4.74 Å². The normalized spacial score (nSPS) is 43.9. The van der Waals surface area contributed by atoms with Gasteiger partial charge < -0.3 is 14.5 Å². The fourth-order valence-corrected chi connectivity index (χ4v) is 7.14. The topological polar surface area (TPSA) is 53.1 Å². The van der Waals surface area contributed by atoms with E-state index in [9.17, 15) is 9.59 Å². The molecule has 6 heteroatoms. The smallest absolute Gasteiger partial charge is 0.409 e. The number of fused-ring (bicyclic) bond motifs is 1. The van der Waals surface area contributed by atoms with Gasteiger partial charge >= 0.3 is 6.09 Å². The number of likely N-dealkylation sites (tertiary alicyclic amines) is 3. The Labute approximate surface area is 161 Å². The molecule has 0 aromatic rings. The van der Waals surface area contributed by atoms with Crippen LogP contribution in [0.25, 0.3) is 0 Å². The van der Waals surface area contributed by atoms with E-state index in [0.29, 0.717) is 40.7 Å². The van der Waals surface area contributed by atoms with Crippen LogP contribution >= 0.6 is 0 Å². The molecule has 6 aliphatic rings. The van der Waals surface area contributed by atoms with Gasteiger partial charge in [-0.1, -0.05) is 0 Å². The first-order valence-electron chi connectivity index (χ1n) is 10.9. The summed E-state index contributed by atoms with van der Waals surface area (Å²) >= 11 is 0. The minimum absolute atomic E-state index is 0.172. The van der Waals surface area contributed by atoms with Crippen molar-refractivity contribution in [1.82, 2.24) is 14.7 Å². The highest BCUT2D eigenvalue weighted by atomic mass is 16.5. The van der Waals surface area contributed by atoms with Crippen LogP contribution in [0.5, 0.6) is 0 Å². The van der Waals surface area contributed by atoms with Crippen LogP contribution in [0.3, 0.4) is 0 Å². The molecule has 6 nitrogen and oxygen atoms in total. The third-order valence-corrected chi connectivity index (χ3v) is 9.16. The summed E-state index contributed by atoms with van der Waals surface area (Å²) in [6.45, 7) is 4.99. The van der Waals surface area contributed by atoms with Gasteiger partial charge in [0.05, 0.1) is 7.11 Å². The Morgan fingerprint density at radius 3 is 2.30 bits per heavy atom. The number of piperidine rings is 1. The van der Waals surface area contributed by atoms with Gasteiger partial charge in [-0.25, -0.2) is 4.79 Å². The molecule has 3 aliphatic carbocycles. The van der Waals surface area contributed by atoms with Crippen LogP contribution in [0.2, 0.25) is 0 Å². The summed E-state index contributed by atoms with van der Waals surface area (Å²) in [5, 5.41) is 0. The van der Waals surface area contributed by atoms with Crippen LogP contribution in [0.1, 0.15) is 44.9 Å². The zero-order valence-electron chi connectivity index (χ0n) is 16.4. The monoisotopic (exact) mass is 373 g/mol. The predicted octanol–water partition coefficient (Wildman–Crippen LogP) is 1.94. The van der Waals surface area contributed by atoms with Gasteiger partial charge in [-0.15, -0.1) is 0 Å². The highest BCUT2D eigenvalue weighted by Crippen LogP contribution is 2.59. The molecule has 148 valence electrons. The first-order chi connectivity index (χ1) is 13.0. The Morgan fingerprint density at radius 1 is 1.00 bits per heavy atom. The average molecular weight is 373 g/mol. The summed E-state index contributed by atoms with van der Waals surface area (Å²) in [7, 11) is 1.47. The highest BCUT2D eigenvalue weighted by molar-refractivity contribution is 5.84. The Bertz CT molecular complexity index is 667. The number of carbonyl (C=O) groups excluding carboxylic acids is 2. The van der Waals surface area contributed by atoms with Crippen molar-refractivity contribution in [3.8, 4) is 0 Å². The van der Waals surface area contributed by atoms with E-state index in [-0.39, 0.29) is 6.09 Å². The lowest BCUT2D eigenvalue weighted by molar-refractivity contribution is -0.158. The first-order valence-corrected chi connectivity index (χ1v) is 10.9. The molecule has 3 heterocycles. The van der Waals surface area contributed by atoms with Crippen LogP contribution in [0.4, 0.5) is 4.79 Å². The summed E-state index contributed by atoms with van der Waals surface area (Å²) in [6, 6.07) is 0.674. The summed E-state index contributed by atoms with van der Waals surface area (Å²) in [6.07, 6.45) is 8.44. The molecule has 3 saturated heterocycles. The van der Waals surface area contributed by atoms with E-state index < -0.39 is 0 Å². The fraction of sp³-hybridized carbons (Fsp3) is 0.905. The Hall–Kier alpha value is -1.30. The maximum Gasteiger partial charge on any atom is 0.409 e. The number of hydrogen-bond donors (Lipinski definition) is 0. The molecular weight excluding hydrogens is 342 g/mol. The molecule has 0 radical (unpaired) electrons. The molecule has 27 heavy (non-hydrogen) atoms. The zero-order chi connectivity index (χ0) is 18.4. The average Bonchev–Trinajstić information content (AvgIpc) is 2.94. The number of methoxy groups -OCH3 is 1. The summed E-state index contributed by atoms with van der Waals surface area (Å²) in [5.41, 5.74) is 0.650. The predicted molar refractivity (Wildman–Crippen MR) is 99.0 cm³/mol. The van der Waals surface area contributed by atoms with Crippen molar-refractivity contribution in [3.05, 3.63) is 0 Å². The Kier molecular flexibility index (Phi) is 3.33. The quantitative estimate of drug-likeness (QED) is 0.742. The maximum atomic E-state index is 13.0. The number of hydrogen-bond acceptors (Lipinski definition) is 4. The molecule has 3 aliphatic heterocycles. The Morgan fingerprint density at radius 2 is 1.74 bits per heavy atom. The van der Waals surface area contributed by atoms with E-state index in [0.717, 1.165) is 39.1 Å². The molecule has 3 saturated carbocycles. The number of ether oxygens (including phenoxy) is 1. The minimum atomic E-state index is -0.172. The van der Waals surface area contributed by atoms with Crippen LogP contribution in [0.15, 0.2) is 0 Å². The van der Waals surface area contributed by atoms with Crippen molar-refractivity contribution in [1.29, 1.82) is 0 Å². The molecule has 6 rings (SSSR count). The lowest BCUT2D eigenvalue weighted by Crippen LogP contribution is -2.66. The lowest BCUT2D eigenvalue weighted by atomic mass is 9.64. The summed E-state index contributed by atoms with van der Waals surface area (Å²) in [4.78, 5) is 31.5. The van der Waals surface area contributed by atoms with Gasteiger partial charge in [0.2, 0.25) is 5.91 Å². The van der Waals surface area contributed by atoms with Gasteiger partial charge in [-0.2, -0.15) is 0 Å². The second-order valence-electron chi connectivity index (χ2n) is 10.3. The van der Waals surface area contributed by atoms with Crippen LogP contribution in [0, 0.1) is 23.2 Å². The summed E-state index contributed by atoms with van der Waals surface area (Å²) < 4.78 is 4.88. The molecule has 0 aromatic heterocycles. The Balaban J connectivity index is 1.00. The van der Waals surface area contributed by atoms with Gasteiger partial charge in [0, 0.05) is 50.2 Å². The largest absolute Gasteiger partial charge is 0.453 e. The van der Waals surface area contributed by atoms with Crippen molar-refractivity contribution in [2.45, 2.75) is 56.5 Å². The zero-order valence-corrected chi connectivity index (χ0v) is 16.4. The standard InChI is InChI=1S/C21H31N3O3/c1-27-19(26)22-7-5-20(13-22)9-14(10-20)23-11-15-16(12-23)17(15)18(25)24-8-6-21(24)3-2-4-21/h14-17H,2-13H2,1H3/t14?,15-,16+,17-,20?. The highest BCUT2D eigenvalue weighted by Gasteiger charge is 2.65. The van der Waals surface area contributed by atoms with E-state index >= 15 is 0 Å². The van der Waals surface area contributed by atoms with Gasteiger partial charge in [0.1, 0.15) is 0 Å². The third-order valence-electron chi connectivity index (χ3n) is 9.16. The first kappa shape index (κ1) is 16.6.